The molecule has 118 valence electrons. The van der Waals surface area contributed by atoms with Crippen LogP contribution in [0.4, 0.5) is 10.6 Å². The molecule has 3 saturated heterocycles. The van der Waals surface area contributed by atoms with Gasteiger partial charge in [0.1, 0.15) is 5.60 Å². The average molecular weight is 304 g/mol. The first-order valence-electron chi connectivity index (χ1n) is 7.89. The van der Waals surface area contributed by atoms with Crippen LogP contribution >= 0.6 is 0 Å². The number of rotatable bonds is 2. The molecule has 7 heteroatoms. The van der Waals surface area contributed by atoms with Gasteiger partial charge in [0.2, 0.25) is 0 Å². The number of hydrogen-bond acceptors (Lipinski definition) is 6. The number of aromatic nitrogens is 2. The maximum atomic E-state index is 12.3. The smallest absolute Gasteiger partial charge is 0.416 e. The van der Waals surface area contributed by atoms with Crippen molar-refractivity contribution in [3.63, 3.8) is 0 Å². The van der Waals surface area contributed by atoms with E-state index in [1.807, 2.05) is 0 Å². The van der Waals surface area contributed by atoms with Crippen LogP contribution in [0.25, 0.3) is 0 Å². The Labute approximate surface area is 129 Å². The summed E-state index contributed by atoms with van der Waals surface area (Å²) >= 11 is 0. The Hall–Kier alpha value is -1.73. The topological polar surface area (TPSA) is 76.6 Å². The van der Waals surface area contributed by atoms with Gasteiger partial charge in [-0.05, 0) is 19.4 Å². The molecule has 1 spiro atoms. The third-order valence-corrected chi connectivity index (χ3v) is 4.71. The minimum absolute atomic E-state index is 0.239. The van der Waals surface area contributed by atoms with Crippen molar-refractivity contribution >= 4 is 11.9 Å². The summed E-state index contributed by atoms with van der Waals surface area (Å²) in [5.74, 6) is 0.583. The lowest BCUT2D eigenvalue weighted by atomic mass is 9.94. The van der Waals surface area contributed by atoms with Gasteiger partial charge in [0.25, 0.3) is 0 Å². The van der Waals surface area contributed by atoms with E-state index in [2.05, 4.69) is 15.3 Å². The molecule has 0 unspecified atom stereocenters. The standard InChI is InChI=1S/C15H20N4O3/c20-14-19(10-15(22-14)3-6-21-7-4-15)13-9-16-8-12(18-13)11-2-1-5-17-11/h8-9,11,17H,1-7,10H2/t11-/m1/s1. The zero-order valence-corrected chi connectivity index (χ0v) is 12.5. The summed E-state index contributed by atoms with van der Waals surface area (Å²) in [5, 5.41) is 3.41. The van der Waals surface area contributed by atoms with Crippen LogP contribution in [-0.4, -0.2) is 48.0 Å². The first kappa shape index (κ1) is 13.9. The fraction of sp³-hybridized carbons (Fsp3) is 0.667. The second-order valence-corrected chi connectivity index (χ2v) is 6.20. The molecule has 1 aromatic rings. The summed E-state index contributed by atoms with van der Waals surface area (Å²) in [6.45, 7) is 2.81. The van der Waals surface area contributed by atoms with Gasteiger partial charge in [-0.1, -0.05) is 0 Å². The van der Waals surface area contributed by atoms with E-state index >= 15 is 0 Å². The van der Waals surface area contributed by atoms with Crippen LogP contribution in [0.2, 0.25) is 0 Å². The van der Waals surface area contributed by atoms with E-state index in [1.54, 1.807) is 17.3 Å². The third kappa shape index (κ3) is 2.44. The highest BCUT2D eigenvalue weighted by molar-refractivity contribution is 5.89. The SMILES string of the molecule is O=C1OC2(CCOCC2)CN1c1cncc([C@H]2CCCN2)n1. The molecular formula is C15H20N4O3. The maximum absolute atomic E-state index is 12.3. The molecule has 7 nitrogen and oxygen atoms in total. The predicted octanol–water partition coefficient (Wildman–Crippen LogP) is 1.41. The molecule has 1 amide bonds. The van der Waals surface area contributed by atoms with Gasteiger partial charge in [-0.25, -0.2) is 9.78 Å². The molecule has 1 atom stereocenters. The lowest BCUT2D eigenvalue weighted by molar-refractivity contribution is -0.0431. The lowest BCUT2D eigenvalue weighted by Gasteiger charge is -2.30. The quantitative estimate of drug-likeness (QED) is 0.890. The van der Waals surface area contributed by atoms with Gasteiger partial charge < -0.3 is 14.8 Å². The van der Waals surface area contributed by atoms with Crippen molar-refractivity contribution < 1.29 is 14.3 Å². The minimum Gasteiger partial charge on any atom is -0.440 e. The first-order chi connectivity index (χ1) is 10.8. The molecule has 1 N–H and O–H groups in total. The van der Waals surface area contributed by atoms with Crippen molar-refractivity contribution in [2.75, 3.05) is 31.2 Å². The van der Waals surface area contributed by atoms with E-state index in [0.717, 1.165) is 37.9 Å². The monoisotopic (exact) mass is 304 g/mol. The van der Waals surface area contributed by atoms with Crippen molar-refractivity contribution in [1.29, 1.82) is 0 Å². The molecule has 0 bridgehead atoms. The second kappa shape index (κ2) is 5.48. The Morgan fingerprint density at radius 2 is 2.18 bits per heavy atom. The maximum Gasteiger partial charge on any atom is 0.416 e. The first-order valence-corrected chi connectivity index (χ1v) is 7.89. The second-order valence-electron chi connectivity index (χ2n) is 6.20. The Balaban J connectivity index is 1.56. The molecule has 3 aliphatic rings. The number of amides is 1. The molecule has 0 aliphatic carbocycles. The molecule has 0 aromatic carbocycles. The summed E-state index contributed by atoms with van der Waals surface area (Å²) in [6.07, 6.45) is 6.78. The van der Waals surface area contributed by atoms with Crippen LogP contribution < -0.4 is 10.2 Å². The van der Waals surface area contributed by atoms with Crippen LogP contribution in [0.5, 0.6) is 0 Å². The van der Waals surface area contributed by atoms with E-state index in [-0.39, 0.29) is 12.1 Å². The number of nitrogens with zero attached hydrogens (tertiary/aromatic N) is 3. The predicted molar refractivity (Wildman–Crippen MR) is 78.6 cm³/mol. The largest absolute Gasteiger partial charge is 0.440 e. The highest BCUT2D eigenvalue weighted by Gasteiger charge is 2.47. The van der Waals surface area contributed by atoms with Gasteiger partial charge in [-0.15, -0.1) is 0 Å². The van der Waals surface area contributed by atoms with Gasteiger partial charge in [0.05, 0.1) is 43.9 Å². The van der Waals surface area contributed by atoms with E-state index < -0.39 is 5.60 Å². The normalized spacial score (nSPS) is 27.4. The molecule has 3 fully saturated rings. The number of carbonyl (C=O) groups excluding carboxylic acids is 1. The van der Waals surface area contributed by atoms with Gasteiger partial charge in [-0.2, -0.15) is 0 Å². The summed E-state index contributed by atoms with van der Waals surface area (Å²) in [4.78, 5) is 22.8. The van der Waals surface area contributed by atoms with Gasteiger partial charge in [0, 0.05) is 12.8 Å². The lowest BCUT2D eigenvalue weighted by Crippen LogP contribution is -2.40. The number of ether oxygens (including phenoxy) is 2. The molecule has 0 saturated carbocycles. The van der Waals surface area contributed by atoms with Crippen molar-refractivity contribution in [2.24, 2.45) is 0 Å². The Kier molecular flexibility index (Phi) is 3.46. The van der Waals surface area contributed by atoms with Gasteiger partial charge in [-0.3, -0.25) is 9.88 Å². The summed E-state index contributed by atoms with van der Waals surface area (Å²) < 4.78 is 11.0. The Morgan fingerprint density at radius 1 is 1.32 bits per heavy atom. The molecule has 1 aromatic heterocycles. The van der Waals surface area contributed by atoms with Crippen molar-refractivity contribution in [3.8, 4) is 0 Å². The van der Waals surface area contributed by atoms with Crippen molar-refractivity contribution in [1.82, 2.24) is 15.3 Å². The average Bonchev–Trinajstić information content (AvgIpc) is 3.17. The zero-order valence-electron chi connectivity index (χ0n) is 12.5. The van der Waals surface area contributed by atoms with E-state index in [4.69, 9.17) is 9.47 Å². The third-order valence-electron chi connectivity index (χ3n) is 4.71. The molecule has 3 aliphatic heterocycles. The summed E-state index contributed by atoms with van der Waals surface area (Å²) in [5.41, 5.74) is 0.481. The van der Waals surface area contributed by atoms with Crippen molar-refractivity contribution in [2.45, 2.75) is 37.3 Å². The fourth-order valence-corrected chi connectivity index (χ4v) is 3.41. The van der Waals surface area contributed by atoms with E-state index in [1.165, 1.54) is 0 Å². The minimum atomic E-state index is -0.418. The van der Waals surface area contributed by atoms with Crippen LogP contribution in [-0.2, 0) is 9.47 Å². The van der Waals surface area contributed by atoms with Crippen LogP contribution in [0.1, 0.15) is 37.4 Å². The molecule has 0 radical (unpaired) electrons. The summed E-state index contributed by atoms with van der Waals surface area (Å²) in [6, 6.07) is 0.239. The Bertz CT molecular complexity index is 568. The number of hydrogen-bond donors (Lipinski definition) is 1. The van der Waals surface area contributed by atoms with Gasteiger partial charge in [0.15, 0.2) is 5.82 Å². The molecule has 4 heterocycles. The fourth-order valence-electron chi connectivity index (χ4n) is 3.41. The highest BCUT2D eigenvalue weighted by atomic mass is 16.6. The van der Waals surface area contributed by atoms with E-state index in [0.29, 0.717) is 25.6 Å². The number of nitrogens with one attached hydrogen (secondary N) is 1. The number of anilines is 1. The molecule has 22 heavy (non-hydrogen) atoms. The van der Waals surface area contributed by atoms with Crippen LogP contribution in [0, 0.1) is 0 Å². The van der Waals surface area contributed by atoms with E-state index in [9.17, 15) is 4.79 Å². The van der Waals surface area contributed by atoms with Crippen molar-refractivity contribution in [3.05, 3.63) is 18.1 Å². The van der Waals surface area contributed by atoms with Crippen LogP contribution in [0.3, 0.4) is 0 Å². The molecular weight excluding hydrogens is 284 g/mol. The summed E-state index contributed by atoms with van der Waals surface area (Å²) in [7, 11) is 0. The van der Waals surface area contributed by atoms with Crippen LogP contribution in [0.15, 0.2) is 12.4 Å². The number of carbonyl (C=O) groups is 1. The highest BCUT2D eigenvalue weighted by Crippen LogP contribution is 2.34. The van der Waals surface area contributed by atoms with Gasteiger partial charge >= 0.3 is 6.09 Å². The Morgan fingerprint density at radius 3 is 2.95 bits per heavy atom. The molecule has 4 rings (SSSR count). The zero-order chi connectivity index (χ0) is 15.0.